The van der Waals surface area contributed by atoms with Gasteiger partial charge in [0.15, 0.2) is 0 Å². The lowest BCUT2D eigenvalue weighted by Crippen LogP contribution is -2.18. The number of rotatable bonds is 1. The molecule has 16 heavy (non-hydrogen) atoms. The van der Waals surface area contributed by atoms with Gasteiger partial charge in [0, 0.05) is 22.4 Å². The Morgan fingerprint density at radius 2 is 1.94 bits per heavy atom. The third kappa shape index (κ3) is 1.45. The Morgan fingerprint density at radius 1 is 1.31 bits per heavy atom. The molecular weight excluding hydrogens is 264 g/mol. The number of aryl methyl sites for hydroxylation is 1. The van der Waals surface area contributed by atoms with Crippen molar-refractivity contribution in [3.63, 3.8) is 0 Å². The highest BCUT2D eigenvalue weighted by atomic mass is 79.9. The summed E-state index contributed by atoms with van der Waals surface area (Å²) >= 11 is 3.61. The zero-order valence-corrected chi connectivity index (χ0v) is 11.2. The third-order valence-corrected chi connectivity index (χ3v) is 3.72. The molecule has 0 N–H and O–H groups in total. The van der Waals surface area contributed by atoms with Crippen molar-refractivity contribution >= 4 is 26.8 Å². The highest BCUT2D eigenvalue weighted by molar-refractivity contribution is 9.10. The van der Waals surface area contributed by atoms with Crippen LogP contribution < -0.4 is 0 Å². The van der Waals surface area contributed by atoms with E-state index >= 15 is 0 Å². The molecule has 0 saturated heterocycles. The molecule has 0 fully saturated rings. The van der Waals surface area contributed by atoms with Crippen molar-refractivity contribution in [1.82, 2.24) is 4.57 Å². The second-order valence-corrected chi connectivity index (χ2v) is 5.27. The average Bonchev–Trinajstić information content (AvgIpc) is 2.53. The smallest absolute Gasteiger partial charge is 0.0928 e. The van der Waals surface area contributed by atoms with Gasteiger partial charge >= 0.3 is 0 Å². The van der Waals surface area contributed by atoms with Crippen LogP contribution >= 0.6 is 15.9 Å². The van der Waals surface area contributed by atoms with E-state index in [2.05, 4.69) is 38.7 Å². The summed E-state index contributed by atoms with van der Waals surface area (Å²) in [6, 6.07) is 10.5. The van der Waals surface area contributed by atoms with Gasteiger partial charge in [-0.15, -0.1) is 0 Å². The molecule has 0 aliphatic heterocycles. The standard InChI is InChI=1S/C13H13BrN2/c1-13(2,8-15)12-11(14)9-6-4-5-7-10(9)16(12)3/h4-7H,1-3H3. The Labute approximate surface area is 104 Å². The molecular formula is C13H13BrN2. The van der Waals surface area contributed by atoms with Gasteiger partial charge in [0.2, 0.25) is 0 Å². The molecule has 0 amide bonds. The minimum absolute atomic E-state index is 0.493. The molecule has 0 bridgehead atoms. The van der Waals surface area contributed by atoms with Crippen molar-refractivity contribution in [3.8, 4) is 6.07 Å². The van der Waals surface area contributed by atoms with Crippen LogP contribution in [0.25, 0.3) is 10.9 Å². The number of hydrogen-bond acceptors (Lipinski definition) is 1. The molecule has 2 rings (SSSR count). The van der Waals surface area contributed by atoms with Crippen LogP contribution in [0.5, 0.6) is 0 Å². The fourth-order valence-corrected chi connectivity index (χ4v) is 3.19. The Morgan fingerprint density at radius 3 is 2.50 bits per heavy atom. The second-order valence-electron chi connectivity index (χ2n) is 4.48. The quantitative estimate of drug-likeness (QED) is 0.780. The summed E-state index contributed by atoms with van der Waals surface area (Å²) in [5.74, 6) is 0. The molecule has 1 heterocycles. The van der Waals surface area contributed by atoms with Crippen molar-refractivity contribution in [2.75, 3.05) is 0 Å². The molecule has 1 aromatic carbocycles. The largest absolute Gasteiger partial charge is 0.345 e. The van der Waals surface area contributed by atoms with Gasteiger partial charge in [0.05, 0.1) is 17.2 Å². The summed E-state index contributed by atoms with van der Waals surface area (Å²) in [5, 5.41) is 10.4. The van der Waals surface area contributed by atoms with Crippen LogP contribution in [-0.2, 0) is 12.5 Å². The monoisotopic (exact) mass is 276 g/mol. The number of halogens is 1. The van der Waals surface area contributed by atoms with Crippen LogP contribution in [0.15, 0.2) is 28.7 Å². The normalized spacial score (nSPS) is 11.7. The van der Waals surface area contributed by atoms with E-state index in [0.29, 0.717) is 0 Å². The van der Waals surface area contributed by atoms with Gasteiger partial charge in [-0.2, -0.15) is 5.26 Å². The van der Waals surface area contributed by atoms with E-state index in [9.17, 15) is 5.26 Å². The number of hydrogen-bond donors (Lipinski definition) is 0. The number of aromatic nitrogens is 1. The van der Waals surface area contributed by atoms with Crippen molar-refractivity contribution in [1.29, 1.82) is 5.26 Å². The Bertz CT molecular complexity index is 549. The van der Waals surface area contributed by atoms with Gasteiger partial charge in [0.25, 0.3) is 0 Å². The van der Waals surface area contributed by atoms with Crippen molar-refractivity contribution in [2.45, 2.75) is 19.3 Å². The lowest BCUT2D eigenvalue weighted by atomic mass is 9.91. The molecule has 0 unspecified atom stereocenters. The van der Waals surface area contributed by atoms with Gasteiger partial charge in [-0.05, 0) is 35.8 Å². The molecule has 0 spiro atoms. The number of benzene rings is 1. The summed E-state index contributed by atoms with van der Waals surface area (Å²) in [7, 11) is 2.00. The molecule has 1 aromatic heterocycles. The first-order chi connectivity index (χ1) is 7.49. The lowest BCUT2D eigenvalue weighted by Gasteiger charge is -2.17. The molecule has 0 saturated carbocycles. The molecule has 2 aromatic rings. The predicted octanol–water partition coefficient (Wildman–Crippen LogP) is 3.74. The zero-order chi connectivity index (χ0) is 11.9. The summed E-state index contributed by atoms with van der Waals surface area (Å²) < 4.78 is 3.11. The number of para-hydroxylation sites is 1. The average molecular weight is 277 g/mol. The van der Waals surface area contributed by atoms with E-state index in [0.717, 1.165) is 21.1 Å². The highest BCUT2D eigenvalue weighted by Gasteiger charge is 2.28. The van der Waals surface area contributed by atoms with E-state index < -0.39 is 5.41 Å². The molecule has 2 nitrogen and oxygen atoms in total. The van der Waals surface area contributed by atoms with Gasteiger partial charge in [-0.3, -0.25) is 0 Å². The number of nitriles is 1. The topological polar surface area (TPSA) is 28.7 Å². The third-order valence-electron chi connectivity index (χ3n) is 2.92. The van der Waals surface area contributed by atoms with E-state index in [1.54, 1.807) is 0 Å². The van der Waals surface area contributed by atoms with Gasteiger partial charge < -0.3 is 4.57 Å². The molecule has 82 valence electrons. The molecule has 0 aliphatic rings. The van der Waals surface area contributed by atoms with Crippen LogP contribution in [-0.4, -0.2) is 4.57 Å². The fourth-order valence-electron chi connectivity index (χ4n) is 2.09. The SMILES string of the molecule is Cn1c(C(C)(C)C#N)c(Br)c2ccccc21. The van der Waals surface area contributed by atoms with E-state index in [4.69, 9.17) is 0 Å². The molecule has 0 radical (unpaired) electrons. The summed E-state index contributed by atoms with van der Waals surface area (Å²) in [5.41, 5.74) is 1.68. The maximum atomic E-state index is 9.24. The lowest BCUT2D eigenvalue weighted by molar-refractivity contribution is 0.623. The van der Waals surface area contributed by atoms with Crippen molar-refractivity contribution in [3.05, 3.63) is 34.4 Å². The Balaban J connectivity index is 2.88. The Hall–Kier alpha value is -1.27. The fraction of sp³-hybridized carbons (Fsp3) is 0.308. The van der Waals surface area contributed by atoms with Crippen LogP contribution in [0.4, 0.5) is 0 Å². The predicted molar refractivity (Wildman–Crippen MR) is 69.3 cm³/mol. The Kier molecular flexibility index (Phi) is 2.55. The zero-order valence-electron chi connectivity index (χ0n) is 9.58. The van der Waals surface area contributed by atoms with Crippen LogP contribution in [0.3, 0.4) is 0 Å². The van der Waals surface area contributed by atoms with Crippen molar-refractivity contribution in [2.24, 2.45) is 7.05 Å². The first-order valence-corrected chi connectivity index (χ1v) is 5.93. The molecule has 3 heteroatoms. The first kappa shape index (κ1) is 11.2. The van der Waals surface area contributed by atoms with Gasteiger partial charge in [0.1, 0.15) is 0 Å². The van der Waals surface area contributed by atoms with E-state index in [1.807, 2.05) is 33.0 Å². The molecule has 0 atom stereocenters. The first-order valence-electron chi connectivity index (χ1n) is 5.13. The van der Waals surface area contributed by atoms with Crippen LogP contribution in [0.1, 0.15) is 19.5 Å². The maximum absolute atomic E-state index is 9.24. The second kappa shape index (κ2) is 3.64. The van der Waals surface area contributed by atoms with Crippen LogP contribution in [0, 0.1) is 11.3 Å². The van der Waals surface area contributed by atoms with Gasteiger partial charge in [-0.1, -0.05) is 18.2 Å². The molecule has 0 aliphatic carbocycles. The van der Waals surface area contributed by atoms with Crippen LogP contribution in [0.2, 0.25) is 0 Å². The van der Waals surface area contributed by atoms with E-state index in [-0.39, 0.29) is 0 Å². The van der Waals surface area contributed by atoms with Gasteiger partial charge in [-0.25, -0.2) is 0 Å². The minimum Gasteiger partial charge on any atom is -0.345 e. The summed E-state index contributed by atoms with van der Waals surface area (Å²) in [6.07, 6.45) is 0. The van der Waals surface area contributed by atoms with Crippen molar-refractivity contribution < 1.29 is 0 Å². The maximum Gasteiger partial charge on any atom is 0.0928 e. The minimum atomic E-state index is -0.493. The number of nitrogens with zero attached hydrogens (tertiary/aromatic N) is 2. The summed E-state index contributed by atoms with van der Waals surface area (Å²) in [6.45, 7) is 3.87. The summed E-state index contributed by atoms with van der Waals surface area (Å²) in [4.78, 5) is 0. The highest BCUT2D eigenvalue weighted by Crippen LogP contribution is 2.37. The van der Waals surface area contributed by atoms with E-state index in [1.165, 1.54) is 0 Å². The number of fused-ring (bicyclic) bond motifs is 1.